The van der Waals surface area contributed by atoms with E-state index in [1.165, 1.54) is 0 Å². The minimum atomic E-state index is -3.49. The lowest BCUT2D eigenvalue weighted by molar-refractivity contribution is 0.0466. The van der Waals surface area contributed by atoms with Crippen LogP contribution < -0.4 is 9.64 Å². The number of nitrogens with zero attached hydrogens (tertiary/aromatic N) is 4. The molecule has 25 heavy (non-hydrogen) atoms. The van der Waals surface area contributed by atoms with Crippen LogP contribution in [0.25, 0.3) is 0 Å². The van der Waals surface area contributed by atoms with Gasteiger partial charge in [0.2, 0.25) is 10.0 Å². The van der Waals surface area contributed by atoms with Gasteiger partial charge in [-0.15, -0.1) is 0 Å². The normalized spacial score (nSPS) is 26.0. The van der Waals surface area contributed by atoms with Crippen LogP contribution >= 0.6 is 0 Å². The maximum absolute atomic E-state index is 13.1. The maximum Gasteiger partial charge on any atom is 0.243 e. The first-order valence-electron chi connectivity index (χ1n) is 8.86. The van der Waals surface area contributed by atoms with E-state index in [0.29, 0.717) is 30.3 Å². The average molecular weight is 366 g/mol. The molecule has 0 unspecified atom stereocenters. The SMILES string of the molecule is CN1CCN2CCN(S(=O)(=O)c3ccc4c(c3)OCCN4C)C[C@@H]2C1. The Morgan fingerprint density at radius 1 is 1.04 bits per heavy atom. The summed E-state index contributed by atoms with van der Waals surface area (Å²) in [5, 5.41) is 0. The quantitative estimate of drug-likeness (QED) is 0.742. The molecule has 138 valence electrons. The summed E-state index contributed by atoms with van der Waals surface area (Å²) in [4.78, 5) is 7.11. The predicted molar refractivity (Wildman–Crippen MR) is 96.8 cm³/mol. The van der Waals surface area contributed by atoms with Crippen LogP contribution in [0.5, 0.6) is 5.75 Å². The number of hydrogen-bond acceptors (Lipinski definition) is 6. The number of likely N-dealkylation sites (N-methyl/N-ethyl adjacent to an activating group) is 2. The van der Waals surface area contributed by atoms with Crippen LogP contribution in [0.3, 0.4) is 0 Å². The van der Waals surface area contributed by atoms with Gasteiger partial charge >= 0.3 is 0 Å². The molecule has 3 heterocycles. The van der Waals surface area contributed by atoms with Crippen LogP contribution in [0.1, 0.15) is 0 Å². The molecule has 0 spiro atoms. The highest BCUT2D eigenvalue weighted by Crippen LogP contribution is 2.34. The summed E-state index contributed by atoms with van der Waals surface area (Å²) >= 11 is 0. The second-order valence-electron chi connectivity index (χ2n) is 7.21. The highest BCUT2D eigenvalue weighted by molar-refractivity contribution is 7.89. The van der Waals surface area contributed by atoms with Crippen LogP contribution in [0, 0.1) is 0 Å². The number of sulfonamides is 1. The lowest BCUT2D eigenvalue weighted by Crippen LogP contribution is -2.61. The molecule has 3 aliphatic rings. The molecule has 2 saturated heterocycles. The standard InChI is InChI=1S/C17H26N4O3S/c1-18-5-6-20-7-8-21(13-14(20)12-18)25(22,23)15-3-4-16-17(11-15)24-10-9-19(16)2/h3-4,11,14H,5-10,12-13H2,1-2H3/t14-/m0/s1. The Kier molecular flexibility index (Phi) is 4.39. The summed E-state index contributed by atoms with van der Waals surface area (Å²) in [6, 6.07) is 5.52. The Labute approximate surface area is 149 Å². The minimum Gasteiger partial charge on any atom is -0.490 e. The third-order valence-corrected chi connectivity index (χ3v) is 7.38. The Bertz CT molecular complexity index is 754. The van der Waals surface area contributed by atoms with Crippen LogP contribution in [-0.4, -0.2) is 95.1 Å². The molecule has 0 bridgehead atoms. The lowest BCUT2D eigenvalue weighted by Gasteiger charge is -2.46. The molecule has 0 aromatic heterocycles. The van der Waals surface area contributed by atoms with Crippen LogP contribution in [0.4, 0.5) is 5.69 Å². The van der Waals surface area contributed by atoms with Crippen molar-refractivity contribution in [2.75, 3.05) is 71.4 Å². The fourth-order valence-electron chi connectivity index (χ4n) is 3.95. The van der Waals surface area contributed by atoms with Gasteiger partial charge in [-0.25, -0.2) is 8.42 Å². The van der Waals surface area contributed by atoms with Gasteiger partial charge in [0.25, 0.3) is 0 Å². The number of rotatable bonds is 2. The number of anilines is 1. The van der Waals surface area contributed by atoms with Gasteiger partial charge < -0.3 is 14.5 Å². The lowest BCUT2D eigenvalue weighted by atomic mass is 10.1. The van der Waals surface area contributed by atoms with E-state index in [2.05, 4.69) is 21.7 Å². The molecule has 3 aliphatic heterocycles. The largest absolute Gasteiger partial charge is 0.490 e. The molecule has 0 saturated carbocycles. The Morgan fingerprint density at radius 2 is 1.84 bits per heavy atom. The summed E-state index contributed by atoms with van der Waals surface area (Å²) in [6.45, 7) is 6.32. The molecule has 1 aromatic carbocycles. The van der Waals surface area contributed by atoms with E-state index < -0.39 is 10.0 Å². The Hall–Kier alpha value is -1.35. The monoisotopic (exact) mass is 366 g/mol. The van der Waals surface area contributed by atoms with Gasteiger partial charge in [0.1, 0.15) is 12.4 Å². The van der Waals surface area contributed by atoms with Crippen LogP contribution in [0.2, 0.25) is 0 Å². The molecule has 1 aromatic rings. The van der Waals surface area contributed by atoms with Crippen molar-refractivity contribution in [3.05, 3.63) is 18.2 Å². The summed E-state index contributed by atoms with van der Waals surface area (Å²) in [6.07, 6.45) is 0. The number of benzene rings is 1. The Morgan fingerprint density at radius 3 is 2.68 bits per heavy atom. The minimum absolute atomic E-state index is 0.280. The van der Waals surface area contributed by atoms with Crippen molar-refractivity contribution in [1.82, 2.24) is 14.1 Å². The van der Waals surface area contributed by atoms with E-state index in [9.17, 15) is 8.42 Å². The zero-order valence-corrected chi connectivity index (χ0v) is 15.7. The predicted octanol–water partition coefficient (Wildman–Crippen LogP) is 0.136. The number of hydrogen-bond donors (Lipinski definition) is 0. The third-order valence-electron chi connectivity index (χ3n) is 5.52. The van der Waals surface area contributed by atoms with E-state index in [-0.39, 0.29) is 6.04 Å². The smallest absolute Gasteiger partial charge is 0.243 e. The van der Waals surface area contributed by atoms with Crippen molar-refractivity contribution >= 4 is 15.7 Å². The maximum atomic E-state index is 13.1. The molecule has 2 fully saturated rings. The zero-order chi connectivity index (χ0) is 17.6. The van der Waals surface area contributed by atoms with E-state index in [1.54, 1.807) is 16.4 Å². The fourth-order valence-corrected chi connectivity index (χ4v) is 5.43. The van der Waals surface area contributed by atoms with Gasteiger partial charge in [0.05, 0.1) is 17.1 Å². The highest BCUT2D eigenvalue weighted by atomic mass is 32.2. The molecule has 1 atom stereocenters. The molecule has 4 rings (SSSR count). The van der Waals surface area contributed by atoms with E-state index in [0.717, 1.165) is 38.4 Å². The molecule has 8 heteroatoms. The second-order valence-corrected chi connectivity index (χ2v) is 9.15. The first-order chi connectivity index (χ1) is 11.9. The van der Waals surface area contributed by atoms with E-state index >= 15 is 0 Å². The summed E-state index contributed by atoms with van der Waals surface area (Å²) in [5.74, 6) is 0.658. The van der Waals surface area contributed by atoms with Gasteiger partial charge in [-0.05, 0) is 19.2 Å². The van der Waals surface area contributed by atoms with E-state index in [4.69, 9.17) is 4.74 Å². The number of fused-ring (bicyclic) bond motifs is 2. The zero-order valence-electron chi connectivity index (χ0n) is 14.9. The summed E-state index contributed by atoms with van der Waals surface area (Å²) in [5.41, 5.74) is 0.948. The van der Waals surface area contributed by atoms with Crippen molar-refractivity contribution in [3.8, 4) is 5.75 Å². The van der Waals surface area contributed by atoms with E-state index in [1.807, 2.05) is 13.1 Å². The first-order valence-corrected chi connectivity index (χ1v) is 10.3. The topological polar surface area (TPSA) is 56.3 Å². The average Bonchev–Trinajstić information content (AvgIpc) is 2.61. The Balaban J connectivity index is 1.57. The molecule has 0 amide bonds. The van der Waals surface area contributed by atoms with Gasteiger partial charge in [0.15, 0.2) is 0 Å². The van der Waals surface area contributed by atoms with Crippen molar-refractivity contribution in [2.24, 2.45) is 0 Å². The third kappa shape index (κ3) is 3.12. The van der Waals surface area contributed by atoms with Crippen molar-refractivity contribution in [3.63, 3.8) is 0 Å². The first kappa shape index (κ1) is 17.1. The molecule has 7 nitrogen and oxygen atoms in total. The molecule has 0 radical (unpaired) electrons. The van der Waals surface area contributed by atoms with Gasteiger partial charge in [0, 0.05) is 58.4 Å². The van der Waals surface area contributed by atoms with Gasteiger partial charge in [-0.1, -0.05) is 0 Å². The highest BCUT2D eigenvalue weighted by Gasteiger charge is 2.36. The van der Waals surface area contributed by atoms with Crippen molar-refractivity contribution in [1.29, 1.82) is 0 Å². The summed E-state index contributed by atoms with van der Waals surface area (Å²) in [7, 11) is 0.602. The van der Waals surface area contributed by atoms with Crippen LogP contribution in [0.15, 0.2) is 23.1 Å². The molecular weight excluding hydrogens is 340 g/mol. The second kappa shape index (κ2) is 6.42. The van der Waals surface area contributed by atoms with Crippen molar-refractivity contribution in [2.45, 2.75) is 10.9 Å². The molecule has 0 aliphatic carbocycles. The van der Waals surface area contributed by atoms with Crippen LogP contribution in [-0.2, 0) is 10.0 Å². The molecule has 0 N–H and O–H groups in total. The molecular formula is C17H26N4O3S. The summed E-state index contributed by atoms with van der Waals surface area (Å²) < 4.78 is 33.6. The fraction of sp³-hybridized carbons (Fsp3) is 0.647. The van der Waals surface area contributed by atoms with Gasteiger partial charge in [-0.3, -0.25) is 4.90 Å². The number of ether oxygens (including phenoxy) is 1. The number of piperazine rings is 2. The van der Waals surface area contributed by atoms with Crippen molar-refractivity contribution < 1.29 is 13.2 Å². The van der Waals surface area contributed by atoms with Gasteiger partial charge in [-0.2, -0.15) is 4.31 Å².